The first-order chi connectivity index (χ1) is 9.97. The van der Waals surface area contributed by atoms with Crippen LogP contribution in [-0.2, 0) is 23.5 Å². The van der Waals surface area contributed by atoms with E-state index in [-0.39, 0.29) is 0 Å². The highest BCUT2D eigenvalue weighted by atomic mass is 32.2. The van der Waals surface area contributed by atoms with E-state index in [1.807, 2.05) is 13.0 Å². The molecular weight excluding hydrogens is 288 g/mol. The first-order valence-electron chi connectivity index (χ1n) is 6.85. The van der Waals surface area contributed by atoms with Crippen LogP contribution in [0.4, 0.5) is 11.4 Å². The first kappa shape index (κ1) is 13.9. The van der Waals surface area contributed by atoms with Gasteiger partial charge in [-0.1, -0.05) is 6.07 Å². The Kier molecular flexibility index (Phi) is 3.36. The van der Waals surface area contributed by atoms with Gasteiger partial charge < -0.3 is 5.32 Å². The number of hydrogen-bond donors (Lipinski definition) is 2. The monoisotopic (exact) mass is 306 g/mol. The van der Waals surface area contributed by atoms with Gasteiger partial charge in [0.15, 0.2) is 0 Å². The lowest BCUT2D eigenvalue weighted by Crippen LogP contribution is -2.20. The minimum absolute atomic E-state index is 0.346. The fraction of sp³-hybridized carbons (Fsp3) is 0.357. The highest BCUT2D eigenvalue weighted by Crippen LogP contribution is 2.32. The summed E-state index contributed by atoms with van der Waals surface area (Å²) < 4.78 is 29.4. The summed E-state index contributed by atoms with van der Waals surface area (Å²) in [5, 5.41) is 7.28. The Morgan fingerprint density at radius 2 is 2.19 bits per heavy atom. The van der Waals surface area contributed by atoms with Crippen LogP contribution in [0.15, 0.2) is 29.4 Å². The van der Waals surface area contributed by atoms with Crippen molar-refractivity contribution in [3.05, 3.63) is 35.7 Å². The quantitative estimate of drug-likeness (QED) is 0.908. The third-order valence-electron chi connectivity index (χ3n) is 3.63. The molecule has 1 aromatic carbocycles. The van der Waals surface area contributed by atoms with Crippen LogP contribution in [0.2, 0.25) is 0 Å². The molecular formula is C14H18N4O2S. The second-order valence-electron chi connectivity index (χ2n) is 5.27. The van der Waals surface area contributed by atoms with E-state index < -0.39 is 10.0 Å². The van der Waals surface area contributed by atoms with Crippen molar-refractivity contribution in [2.24, 2.45) is 7.05 Å². The first-order valence-corrected chi connectivity index (χ1v) is 8.33. The van der Waals surface area contributed by atoms with E-state index in [2.05, 4.69) is 15.1 Å². The van der Waals surface area contributed by atoms with Gasteiger partial charge in [-0.15, -0.1) is 0 Å². The average molecular weight is 306 g/mol. The van der Waals surface area contributed by atoms with Gasteiger partial charge in [0.2, 0.25) is 0 Å². The minimum Gasteiger partial charge on any atom is -0.385 e. The van der Waals surface area contributed by atoms with Gasteiger partial charge in [0.05, 0.1) is 16.8 Å². The standard InChI is InChI=1S/C14H18N4O2S/c1-10-5-6-13(12-4-3-7-15-14(10)12)21(19,20)17-11-8-16-18(2)9-11/h5-6,8-9,15,17H,3-4,7H2,1-2H3. The number of sulfonamides is 1. The molecule has 1 aliphatic heterocycles. The van der Waals surface area contributed by atoms with E-state index in [1.54, 1.807) is 24.0 Å². The Hall–Kier alpha value is -2.02. The van der Waals surface area contributed by atoms with Crippen molar-refractivity contribution in [1.29, 1.82) is 0 Å². The molecule has 0 saturated heterocycles. The number of benzene rings is 1. The molecule has 0 amide bonds. The van der Waals surface area contributed by atoms with Crippen molar-refractivity contribution in [1.82, 2.24) is 9.78 Å². The number of aromatic nitrogens is 2. The van der Waals surface area contributed by atoms with Gasteiger partial charge in [-0.25, -0.2) is 8.42 Å². The molecule has 2 heterocycles. The van der Waals surface area contributed by atoms with Crippen molar-refractivity contribution in [2.45, 2.75) is 24.7 Å². The maximum Gasteiger partial charge on any atom is 0.262 e. The number of rotatable bonds is 3. The van der Waals surface area contributed by atoms with E-state index in [9.17, 15) is 8.42 Å². The molecule has 0 bridgehead atoms. The smallest absolute Gasteiger partial charge is 0.262 e. The van der Waals surface area contributed by atoms with Gasteiger partial charge in [0, 0.05) is 25.5 Å². The van der Waals surface area contributed by atoms with E-state index in [0.29, 0.717) is 10.6 Å². The summed E-state index contributed by atoms with van der Waals surface area (Å²) in [5.74, 6) is 0. The predicted molar refractivity (Wildman–Crippen MR) is 82.0 cm³/mol. The van der Waals surface area contributed by atoms with Gasteiger partial charge in [0.1, 0.15) is 0 Å². The van der Waals surface area contributed by atoms with Gasteiger partial charge >= 0.3 is 0 Å². The van der Waals surface area contributed by atoms with Crippen LogP contribution >= 0.6 is 0 Å². The van der Waals surface area contributed by atoms with Gasteiger partial charge in [-0.05, 0) is 37.0 Å². The summed E-state index contributed by atoms with van der Waals surface area (Å²) in [5.41, 5.74) is 3.37. The summed E-state index contributed by atoms with van der Waals surface area (Å²) in [6.07, 6.45) is 4.84. The SMILES string of the molecule is Cc1ccc(S(=O)(=O)Nc2cnn(C)c2)c2c1NCCC2. The molecule has 0 atom stereocenters. The lowest BCUT2D eigenvalue weighted by Gasteiger charge is -2.23. The van der Waals surface area contributed by atoms with Crippen LogP contribution in [0.5, 0.6) is 0 Å². The molecule has 0 aliphatic carbocycles. The Bertz CT molecular complexity index is 780. The maximum absolute atomic E-state index is 12.6. The molecule has 1 aromatic heterocycles. The molecule has 0 spiro atoms. The summed E-state index contributed by atoms with van der Waals surface area (Å²) >= 11 is 0. The number of anilines is 2. The fourth-order valence-electron chi connectivity index (χ4n) is 2.65. The summed E-state index contributed by atoms with van der Waals surface area (Å²) in [6.45, 7) is 2.87. The Labute approximate surface area is 124 Å². The summed E-state index contributed by atoms with van der Waals surface area (Å²) in [7, 11) is -1.86. The normalized spacial score (nSPS) is 14.4. The number of nitrogens with one attached hydrogen (secondary N) is 2. The number of fused-ring (bicyclic) bond motifs is 1. The molecule has 0 fully saturated rings. The van der Waals surface area contributed by atoms with Crippen LogP contribution in [0.1, 0.15) is 17.5 Å². The van der Waals surface area contributed by atoms with E-state index in [4.69, 9.17) is 0 Å². The molecule has 7 heteroatoms. The van der Waals surface area contributed by atoms with Crippen molar-refractivity contribution >= 4 is 21.4 Å². The van der Waals surface area contributed by atoms with E-state index >= 15 is 0 Å². The molecule has 6 nitrogen and oxygen atoms in total. The van der Waals surface area contributed by atoms with Crippen LogP contribution < -0.4 is 10.0 Å². The van der Waals surface area contributed by atoms with Gasteiger partial charge in [-0.3, -0.25) is 9.40 Å². The fourth-order valence-corrected chi connectivity index (χ4v) is 3.96. The Balaban J connectivity index is 2.03. The maximum atomic E-state index is 12.6. The van der Waals surface area contributed by atoms with Gasteiger partial charge in [0.25, 0.3) is 10.0 Å². The van der Waals surface area contributed by atoms with E-state index in [1.165, 1.54) is 6.20 Å². The zero-order chi connectivity index (χ0) is 15.0. The summed E-state index contributed by atoms with van der Waals surface area (Å²) in [6, 6.07) is 3.52. The number of hydrogen-bond acceptors (Lipinski definition) is 4. The molecule has 21 heavy (non-hydrogen) atoms. The Morgan fingerprint density at radius 3 is 2.90 bits per heavy atom. The van der Waals surface area contributed by atoms with Crippen molar-refractivity contribution in [3.8, 4) is 0 Å². The molecule has 1 aliphatic rings. The largest absolute Gasteiger partial charge is 0.385 e. The van der Waals surface area contributed by atoms with Crippen molar-refractivity contribution in [3.63, 3.8) is 0 Å². The Morgan fingerprint density at radius 1 is 1.38 bits per heavy atom. The molecule has 2 N–H and O–H groups in total. The predicted octanol–water partition coefficient (Wildman–Crippen LogP) is 1.89. The third kappa shape index (κ3) is 2.61. The highest BCUT2D eigenvalue weighted by molar-refractivity contribution is 7.92. The lowest BCUT2D eigenvalue weighted by molar-refractivity contribution is 0.599. The highest BCUT2D eigenvalue weighted by Gasteiger charge is 2.24. The summed E-state index contributed by atoms with van der Waals surface area (Å²) in [4.78, 5) is 0.346. The second-order valence-corrected chi connectivity index (χ2v) is 6.92. The van der Waals surface area contributed by atoms with Crippen molar-refractivity contribution in [2.75, 3.05) is 16.6 Å². The number of aryl methyl sites for hydroxylation is 2. The van der Waals surface area contributed by atoms with Crippen LogP contribution in [-0.4, -0.2) is 24.7 Å². The molecule has 0 radical (unpaired) electrons. The zero-order valence-corrected chi connectivity index (χ0v) is 12.9. The second kappa shape index (κ2) is 5.07. The molecule has 0 saturated carbocycles. The average Bonchev–Trinajstić information content (AvgIpc) is 2.83. The van der Waals surface area contributed by atoms with Gasteiger partial charge in [-0.2, -0.15) is 5.10 Å². The topological polar surface area (TPSA) is 76.0 Å². The van der Waals surface area contributed by atoms with Crippen molar-refractivity contribution < 1.29 is 8.42 Å². The molecule has 112 valence electrons. The van der Waals surface area contributed by atoms with Crippen LogP contribution in [0, 0.1) is 6.92 Å². The van der Waals surface area contributed by atoms with E-state index in [0.717, 1.165) is 36.2 Å². The number of nitrogens with zero attached hydrogens (tertiary/aromatic N) is 2. The third-order valence-corrected chi connectivity index (χ3v) is 5.10. The lowest BCUT2D eigenvalue weighted by atomic mass is 10.00. The molecule has 0 unspecified atom stereocenters. The van der Waals surface area contributed by atoms with Crippen LogP contribution in [0.3, 0.4) is 0 Å². The molecule has 3 rings (SSSR count). The van der Waals surface area contributed by atoms with Crippen LogP contribution in [0.25, 0.3) is 0 Å². The minimum atomic E-state index is -3.60. The molecule has 2 aromatic rings. The zero-order valence-electron chi connectivity index (χ0n) is 12.0.